The molecule has 0 aromatic heterocycles. The fraction of sp³-hybridized carbons (Fsp3) is 0.364. The molecule has 0 spiro atoms. The number of nitriles is 1. The van der Waals surface area contributed by atoms with E-state index in [1.165, 1.54) is 19.1 Å². The van der Waals surface area contributed by atoms with E-state index in [0.717, 1.165) is 6.54 Å². The summed E-state index contributed by atoms with van der Waals surface area (Å²) >= 11 is 0. The summed E-state index contributed by atoms with van der Waals surface area (Å²) in [5, 5.41) is 20.9. The molecule has 1 atom stereocenters. The van der Waals surface area contributed by atoms with Crippen molar-refractivity contribution in [1.29, 1.82) is 5.26 Å². The van der Waals surface area contributed by atoms with E-state index in [9.17, 15) is 19.6 Å². The van der Waals surface area contributed by atoms with E-state index in [2.05, 4.69) is 6.07 Å². The second-order valence-electron chi connectivity index (χ2n) is 7.04. The fourth-order valence-corrected chi connectivity index (χ4v) is 3.18. The molecule has 1 N–H and O–H groups in total. The third-order valence-electron chi connectivity index (χ3n) is 4.58. The monoisotopic (exact) mass is 384 g/mol. The van der Waals surface area contributed by atoms with Crippen molar-refractivity contribution in [2.45, 2.75) is 32.0 Å². The number of halogens is 1. The van der Waals surface area contributed by atoms with Crippen LogP contribution >= 0.6 is 0 Å². The highest BCUT2D eigenvalue weighted by Gasteiger charge is 2.33. The molecule has 0 saturated carbocycles. The van der Waals surface area contributed by atoms with E-state index in [-0.39, 0.29) is 12.4 Å². The van der Waals surface area contributed by atoms with Crippen LogP contribution in [-0.4, -0.2) is 36.6 Å². The van der Waals surface area contributed by atoms with Crippen molar-refractivity contribution in [2.75, 3.05) is 20.6 Å². The maximum Gasteiger partial charge on any atom is 0.302 e. The lowest BCUT2D eigenvalue weighted by Crippen LogP contribution is -2.30. The number of nitrogens with zero attached hydrogens (tertiary/aromatic N) is 2. The summed E-state index contributed by atoms with van der Waals surface area (Å²) < 4.78 is 18.6. The molecule has 148 valence electrons. The number of ether oxygens (including phenoxy) is 1. The van der Waals surface area contributed by atoms with Crippen LogP contribution in [0.1, 0.15) is 42.0 Å². The maximum absolute atomic E-state index is 13.4. The summed E-state index contributed by atoms with van der Waals surface area (Å²) in [4.78, 5) is 13.3. The van der Waals surface area contributed by atoms with Gasteiger partial charge in [-0.15, -0.1) is 0 Å². The molecular weight excluding hydrogens is 359 g/mol. The van der Waals surface area contributed by atoms with Gasteiger partial charge in [0.2, 0.25) is 0 Å². The Hall–Kier alpha value is -2.75. The van der Waals surface area contributed by atoms with Gasteiger partial charge in [-0.05, 0) is 74.4 Å². The van der Waals surface area contributed by atoms with Crippen LogP contribution in [0, 0.1) is 17.1 Å². The molecule has 0 radical (unpaired) electrons. The van der Waals surface area contributed by atoms with Crippen molar-refractivity contribution in [3.63, 3.8) is 0 Å². The summed E-state index contributed by atoms with van der Waals surface area (Å²) in [6.07, 6.45) is 1.07. The number of rotatable bonds is 8. The van der Waals surface area contributed by atoms with E-state index in [1.807, 2.05) is 19.0 Å². The first-order chi connectivity index (χ1) is 13.3. The molecule has 0 aliphatic heterocycles. The summed E-state index contributed by atoms with van der Waals surface area (Å²) in [5.41, 5.74) is 0.624. The number of carbonyl (C=O) groups excluding carboxylic acids is 1. The molecule has 2 rings (SSSR count). The van der Waals surface area contributed by atoms with Crippen LogP contribution in [-0.2, 0) is 21.7 Å². The molecule has 28 heavy (non-hydrogen) atoms. The summed E-state index contributed by atoms with van der Waals surface area (Å²) in [6, 6.07) is 12.7. The van der Waals surface area contributed by atoms with Crippen LogP contribution in [0.5, 0.6) is 0 Å². The van der Waals surface area contributed by atoms with Gasteiger partial charge in [-0.25, -0.2) is 4.39 Å². The smallest absolute Gasteiger partial charge is 0.302 e. The molecule has 0 saturated heterocycles. The van der Waals surface area contributed by atoms with Gasteiger partial charge in [-0.2, -0.15) is 5.26 Å². The Balaban J connectivity index is 2.53. The van der Waals surface area contributed by atoms with E-state index >= 15 is 0 Å². The number of hydrogen-bond acceptors (Lipinski definition) is 5. The van der Waals surface area contributed by atoms with Crippen LogP contribution in [0.2, 0.25) is 0 Å². The molecular formula is C22H25FN2O3. The van der Waals surface area contributed by atoms with E-state index in [1.54, 1.807) is 30.3 Å². The first-order valence-electron chi connectivity index (χ1n) is 9.06. The Morgan fingerprint density at radius 3 is 2.50 bits per heavy atom. The molecule has 0 heterocycles. The lowest BCUT2D eigenvalue weighted by Gasteiger charge is -2.32. The molecule has 2 aromatic rings. The average Bonchev–Trinajstić information content (AvgIpc) is 2.66. The molecule has 0 bridgehead atoms. The van der Waals surface area contributed by atoms with Crippen molar-refractivity contribution in [3.05, 3.63) is 70.5 Å². The summed E-state index contributed by atoms with van der Waals surface area (Å²) in [6.45, 7) is 2.01. The van der Waals surface area contributed by atoms with Crippen LogP contribution in [0.3, 0.4) is 0 Å². The average molecular weight is 384 g/mol. The zero-order valence-electron chi connectivity index (χ0n) is 16.4. The van der Waals surface area contributed by atoms with Gasteiger partial charge in [0.25, 0.3) is 0 Å². The molecule has 5 nitrogen and oxygen atoms in total. The highest BCUT2D eigenvalue weighted by atomic mass is 19.1. The molecule has 0 unspecified atom stereocenters. The largest absolute Gasteiger partial charge is 0.461 e. The number of carbonyl (C=O) groups is 1. The van der Waals surface area contributed by atoms with Gasteiger partial charge in [0.1, 0.15) is 18.0 Å². The highest BCUT2D eigenvalue weighted by molar-refractivity contribution is 5.66. The van der Waals surface area contributed by atoms with Crippen LogP contribution in [0.4, 0.5) is 4.39 Å². The Morgan fingerprint density at radius 2 is 1.93 bits per heavy atom. The number of benzene rings is 2. The van der Waals surface area contributed by atoms with Crippen molar-refractivity contribution >= 4 is 5.97 Å². The Labute approximate surface area is 165 Å². The Kier molecular flexibility index (Phi) is 7.27. The quantitative estimate of drug-likeness (QED) is 0.707. The minimum Gasteiger partial charge on any atom is -0.461 e. The lowest BCUT2D eigenvalue weighted by molar-refractivity contribution is -0.142. The van der Waals surface area contributed by atoms with Crippen molar-refractivity contribution in [2.24, 2.45) is 0 Å². The molecule has 0 aliphatic rings. The van der Waals surface area contributed by atoms with Crippen molar-refractivity contribution in [3.8, 4) is 6.07 Å². The Morgan fingerprint density at radius 1 is 1.25 bits per heavy atom. The maximum atomic E-state index is 13.4. The fourth-order valence-electron chi connectivity index (χ4n) is 3.18. The molecule has 0 fully saturated rings. The van der Waals surface area contributed by atoms with E-state index in [0.29, 0.717) is 35.1 Å². The van der Waals surface area contributed by atoms with Gasteiger partial charge in [-0.3, -0.25) is 4.79 Å². The standard InChI is InChI=1S/C22H25FN2O3/c1-16(26)28-15-18-13-17(14-24)5-10-21(18)22(27,11-4-12-25(2)3)19-6-8-20(23)9-7-19/h5-10,13,27H,4,11-12,15H2,1-3H3/t22-/m0/s1. The zero-order valence-corrected chi connectivity index (χ0v) is 16.4. The number of aliphatic hydroxyl groups is 1. The van der Waals surface area contributed by atoms with Crippen LogP contribution in [0.25, 0.3) is 0 Å². The van der Waals surface area contributed by atoms with Crippen LogP contribution in [0.15, 0.2) is 42.5 Å². The van der Waals surface area contributed by atoms with Gasteiger partial charge in [-0.1, -0.05) is 18.2 Å². The van der Waals surface area contributed by atoms with Crippen molar-refractivity contribution in [1.82, 2.24) is 4.90 Å². The first-order valence-corrected chi connectivity index (χ1v) is 9.06. The van der Waals surface area contributed by atoms with Gasteiger partial charge < -0.3 is 14.7 Å². The van der Waals surface area contributed by atoms with Gasteiger partial charge in [0.15, 0.2) is 0 Å². The summed E-state index contributed by atoms with van der Waals surface area (Å²) in [5.74, 6) is -0.842. The molecule has 0 aliphatic carbocycles. The predicted octanol–water partition coefficient (Wildman–Crippen LogP) is 3.34. The third-order valence-corrected chi connectivity index (χ3v) is 4.58. The topological polar surface area (TPSA) is 73.6 Å². The molecule has 2 aromatic carbocycles. The van der Waals surface area contributed by atoms with Crippen LogP contribution < -0.4 is 0 Å². The SMILES string of the molecule is CC(=O)OCc1cc(C#N)ccc1[C@](O)(CCCN(C)C)c1ccc(F)cc1. The Bertz CT molecular complexity index is 859. The lowest BCUT2D eigenvalue weighted by atomic mass is 9.80. The molecule has 0 amide bonds. The van der Waals surface area contributed by atoms with E-state index in [4.69, 9.17) is 4.74 Å². The van der Waals surface area contributed by atoms with Gasteiger partial charge in [0.05, 0.1) is 11.6 Å². The predicted molar refractivity (Wildman–Crippen MR) is 104 cm³/mol. The minimum absolute atomic E-state index is 0.0582. The van der Waals surface area contributed by atoms with E-state index < -0.39 is 11.6 Å². The minimum atomic E-state index is -1.41. The zero-order chi connectivity index (χ0) is 20.7. The van der Waals surface area contributed by atoms with Crippen molar-refractivity contribution < 1.29 is 19.0 Å². The second kappa shape index (κ2) is 9.45. The third kappa shape index (κ3) is 5.38. The number of esters is 1. The summed E-state index contributed by atoms with van der Waals surface area (Å²) in [7, 11) is 3.90. The number of hydrogen-bond donors (Lipinski definition) is 1. The first kappa shape index (κ1) is 21.5. The van der Waals surface area contributed by atoms with Gasteiger partial charge >= 0.3 is 5.97 Å². The second-order valence-corrected chi connectivity index (χ2v) is 7.04. The highest BCUT2D eigenvalue weighted by Crippen LogP contribution is 2.37. The molecule has 6 heteroatoms. The normalized spacial score (nSPS) is 13.0. The van der Waals surface area contributed by atoms with Gasteiger partial charge in [0, 0.05) is 6.92 Å².